The van der Waals surface area contributed by atoms with Gasteiger partial charge >= 0.3 is 0 Å². The summed E-state index contributed by atoms with van der Waals surface area (Å²) in [6.45, 7) is 5.43. The van der Waals surface area contributed by atoms with Crippen molar-refractivity contribution in [2.24, 2.45) is 0 Å². The second-order valence-corrected chi connectivity index (χ2v) is 4.52. The molecule has 0 saturated heterocycles. The van der Waals surface area contributed by atoms with Crippen LogP contribution >= 0.6 is 0 Å². The zero-order valence-electron chi connectivity index (χ0n) is 10.5. The Hall–Kier alpha value is -1.22. The third-order valence-electron chi connectivity index (χ3n) is 3.29. The van der Waals surface area contributed by atoms with E-state index in [1.54, 1.807) is 0 Å². The van der Waals surface area contributed by atoms with Crippen LogP contribution in [0.5, 0.6) is 11.5 Å². The van der Waals surface area contributed by atoms with Gasteiger partial charge in [-0.05, 0) is 24.1 Å². The van der Waals surface area contributed by atoms with Gasteiger partial charge in [-0.3, -0.25) is 0 Å². The number of hydrogen-bond acceptors (Lipinski definition) is 3. The first-order valence-corrected chi connectivity index (χ1v) is 6.30. The first-order chi connectivity index (χ1) is 8.22. The molecular weight excluding hydrogens is 216 g/mol. The van der Waals surface area contributed by atoms with Crippen LogP contribution in [0.3, 0.4) is 0 Å². The van der Waals surface area contributed by atoms with Crippen LogP contribution in [0.1, 0.15) is 38.2 Å². The third kappa shape index (κ3) is 2.72. The van der Waals surface area contributed by atoms with E-state index in [0.29, 0.717) is 13.2 Å². The van der Waals surface area contributed by atoms with E-state index in [2.05, 4.69) is 0 Å². The highest BCUT2D eigenvalue weighted by molar-refractivity contribution is 5.44. The smallest absolute Gasteiger partial charge is 0.161 e. The Morgan fingerprint density at radius 2 is 1.94 bits per heavy atom. The van der Waals surface area contributed by atoms with Crippen LogP contribution in [-0.4, -0.2) is 24.4 Å². The third-order valence-corrected chi connectivity index (χ3v) is 3.29. The van der Waals surface area contributed by atoms with Crippen LogP contribution in [0.15, 0.2) is 18.2 Å². The second-order valence-electron chi connectivity index (χ2n) is 4.52. The molecule has 3 heteroatoms. The van der Waals surface area contributed by atoms with Crippen LogP contribution in [0.4, 0.5) is 0 Å². The van der Waals surface area contributed by atoms with Gasteiger partial charge in [-0.25, -0.2) is 0 Å². The molecule has 94 valence electrons. The van der Waals surface area contributed by atoms with Crippen LogP contribution in [0, 0.1) is 0 Å². The molecule has 0 aliphatic carbocycles. The Morgan fingerprint density at radius 3 is 2.65 bits per heavy atom. The number of aliphatic hydroxyl groups is 1. The molecule has 0 spiro atoms. The fourth-order valence-electron chi connectivity index (χ4n) is 2.04. The molecule has 0 aromatic heterocycles. The van der Waals surface area contributed by atoms with Crippen molar-refractivity contribution in [2.75, 3.05) is 13.2 Å². The van der Waals surface area contributed by atoms with Gasteiger partial charge < -0.3 is 14.6 Å². The van der Waals surface area contributed by atoms with Crippen molar-refractivity contribution in [3.8, 4) is 11.5 Å². The SMILES string of the molecule is CCC(O)C(C)c1ccc2c(c1)OCCCO2. The maximum absolute atomic E-state index is 9.87. The van der Waals surface area contributed by atoms with Crippen molar-refractivity contribution in [1.82, 2.24) is 0 Å². The van der Waals surface area contributed by atoms with Crippen LogP contribution in [0.25, 0.3) is 0 Å². The van der Waals surface area contributed by atoms with Gasteiger partial charge in [-0.2, -0.15) is 0 Å². The van der Waals surface area contributed by atoms with Gasteiger partial charge in [-0.15, -0.1) is 0 Å². The van der Waals surface area contributed by atoms with Crippen molar-refractivity contribution in [3.63, 3.8) is 0 Å². The van der Waals surface area contributed by atoms with Gasteiger partial charge in [0.2, 0.25) is 0 Å². The lowest BCUT2D eigenvalue weighted by molar-refractivity contribution is 0.145. The van der Waals surface area contributed by atoms with Gasteiger partial charge in [-0.1, -0.05) is 19.9 Å². The molecule has 1 aliphatic rings. The summed E-state index contributed by atoms with van der Waals surface area (Å²) in [5.74, 6) is 1.73. The Balaban J connectivity index is 2.23. The van der Waals surface area contributed by atoms with Crippen molar-refractivity contribution >= 4 is 0 Å². The van der Waals surface area contributed by atoms with E-state index in [1.807, 2.05) is 32.0 Å². The predicted octanol–water partition coefficient (Wildman–Crippen LogP) is 2.72. The second kappa shape index (κ2) is 5.41. The van der Waals surface area contributed by atoms with E-state index >= 15 is 0 Å². The van der Waals surface area contributed by atoms with Crippen LogP contribution in [0.2, 0.25) is 0 Å². The molecule has 17 heavy (non-hydrogen) atoms. The van der Waals surface area contributed by atoms with E-state index in [0.717, 1.165) is 29.9 Å². The summed E-state index contributed by atoms with van der Waals surface area (Å²) in [5.41, 5.74) is 1.10. The van der Waals surface area contributed by atoms with Gasteiger partial charge in [0.1, 0.15) is 0 Å². The van der Waals surface area contributed by atoms with Gasteiger partial charge in [0, 0.05) is 12.3 Å². The Labute approximate surface area is 102 Å². The average molecular weight is 236 g/mol. The molecule has 0 saturated carbocycles. The summed E-state index contributed by atoms with van der Waals surface area (Å²) in [6, 6.07) is 5.94. The van der Waals surface area contributed by atoms with Gasteiger partial charge in [0.05, 0.1) is 19.3 Å². The molecule has 0 radical (unpaired) electrons. The highest BCUT2D eigenvalue weighted by atomic mass is 16.5. The zero-order valence-corrected chi connectivity index (χ0v) is 10.5. The summed E-state index contributed by atoms with van der Waals surface area (Å²) in [5, 5.41) is 9.87. The number of ether oxygens (including phenoxy) is 2. The molecule has 2 unspecified atom stereocenters. The van der Waals surface area contributed by atoms with Crippen LogP contribution < -0.4 is 9.47 Å². The molecule has 1 heterocycles. The molecule has 2 atom stereocenters. The molecule has 1 aliphatic heterocycles. The van der Waals surface area contributed by atoms with Gasteiger partial charge in [0.25, 0.3) is 0 Å². The van der Waals surface area contributed by atoms with E-state index in [1.165, 1.54) is 0 Å². The fourth-order valence-corrected chi connectivity index (χ4v) is 2.04. The quantitative estimate of drug-likeness (QED) is 0.877. The molecule has 1 aromatic rings. The Morgan fingerprint density at radius 1 is 1.24 bits per heavy atom. The number of aliphatic hydroxyl groups excluding tert-OH is 1. The summed E-state index contributed by atoms with van der Waals surface area (Å²) in [4.78, 5) is 0. The zero-order chi connectivity index (χ0) is 12.3. The molecule has 2 rings (SSSR count). The van der Waals surface area contributed by atoms with Crippen LogP contribution in [-0.2, 0) is 0 Å². The highest BCUT2D eigenvalue weighted by Gasteiger charge is 2.17. The van der Waals surface area contributed by atoms with Crippen molar-refractivity contribution < 1.29 is 14.6 Å². The van der Waals surface area contributed by atoms with E-state index in [9.17, 15) is 5.11 Å². The summed E-state index contributed by atoms with van der Waals surface area (Å²) in [6.07, 6.45) is 1.37. The Kier molecular flexibility index (Phi) is 3.89. The molecule has 1 aromatic carbocycles. The minimum Gasteiger partial charge on any atom is -0.490 e. The van der Waals surface area contributed by atoms with Crippen molar-refractivity contribution in [1.29, 1.82) is 0 Å². The van der Waals surface area contributed by atoms with Gasteiger partial charge in [0.15, 0.2) is 11.5 Å². The van der Waals surface area contributed by atoms with Crippen molar-refractivity contribution in [3.05, 3.63) is 23.8 Å². The topological polar surface area (TPSA) is 38.7 Å². The monoisotopic (exact) mass is 236 g/mol. The van der Waals surface area contributed by atoms with Crippen molar-refractivity contribution in [2.45, 2.75) is 38.7 Å². The average Bonchev–Trinajstić information content (AvgIpc) is 2.61. The first-order valence-electron chi connectivity index (χ1n) is 6.30. The van der Waals surface area contributed by atoms with E-state index < -0.39 is 0 Å². The highest BCUT2D eigenvalue weighted by Crippen LogP contribution is 2.33. The fraction of sp³-hybridized carbons (Fsp3) is 0.571. The summed E-state index contributed by atoms with van der Waals surface area (Å²) in [7, 11) is 0. The lowest BCUT2D eigenvalue weighted by atomic mass is 9.93. The largest absolute Gasteiger partial charge is 0.490 e. The molecule has 0 amide bonds. The normalized spacial score (nSPS) is 18.3. The first kappa shape index (κ1) is 12.2. The minimum absolute atomic E-state index is 0.122. The molecular formula is C14H20O3. The number of benzene rings is 1. The minimum atomic E-state index is -0.306. The molecule has 0 bridgehead atoms. The Bertz CT molecular complexity index is 376. The number of rotatable bonds is 3. The summed E-state index contributed by atoms with van der Waals surface area (Å²) >= 11 is 0. The molecule has 1 N–H and O–H groups in total. The summed E-state index contributed by atoms with van der Waals surface area (Å²) < 4.78 is 11.2. The standard InChI is InChI=1S/C14H20O3/c1-3-12(15)10(2)11-5-6-13-14(9-11)17-8-4-7-16-13/h5-6,9-10,12,15H,3-4,7-8H2,1-2H3. The predicted molar refractivity (Wildman–Crippen MR) is 66.8 cm³/mol. The number of fused-ring (bicyclic) bond motifs is 1. The van der Waals surface area contributed by atoms with E-state index in [-0.39, 0.29) is 12.0 Å². The lowest BCUT2D eigenvalue weighted by Crippen LogP contribution is -2.14. The van der Waals surface area contributed by atoms with E-state index in [4.69, 9.17) is 9.47 Å². The number of hydrogen-bond donors (Lipinski definition) is 1. The molecule has 3 nitrogen and oxygen atoms in total. The maximum Gasteiger partial charge on any atom is 0.161 e. The maximum atomic E-state index is 9.87. The molecule has 0 fully saturated rings. The lowest BCUT2D eigenvalue weighted by Gasteiger charge is -2.19.